The van der Waals surface area contributed by atoms with Crippen molar-refractivity contribution in [1.82, 2.24) is 35.0 Å². The molecule has 0 unspecified atom stereocenters. The molecule has 7 rings (SSSR count). The van der Waals surface area contributed by atoms with Gasteiger partial charge in [-0.2, -0.15) is 5.10 Å². The number of halogens is 1. The highest BCUT2D eigenvalue weighted by atomic mass is 19.1. The molecule has 1 amide bonds. The van der Waals surface area contributed by atoms with Crippen molar-refractivity contribution < 1.29 is 9.18 Å². The highest BCUT2D eigenvalue weighted by Crippen LogP contribution is 2.34. The second kappa shape index (κ2) is 13.3. The third kappa shape index (κ3) is 6.85. The molecule has 0 aliphatic heterocycles. The van der Waals surface area contributed by atoms with E-state index in [9.17, 15) is 9.18 Å². The standard InChI is InChI=1S/C36H38FN9O/c1-46(2)13-12-39-27-16-24(15-26(37)19-27)33-35-31(10-11-40-33)42-36(43-35)34-29-18-23(8-9-30(29)44-45-34)25-17-28(21-38-20-25)41-32(47)14-22-6-4-3-5-7-22/h8-11,15-22,39H,3-7,12-14H2,1-2H3,(H,41,47)(H,42,43)(H,44,45). The summed E-state index contributed by atoms with van der Waals surface area (Å²) in [5.74, 6) is 0.725. The number of hydrogen-bond acceptors (Lipinski definition) is 7. The van der Waals surface area contributed by atoms with Crippen molar-refractivity contribution in [3.05, 3.63) is 72.9 Å². The van der Waals surface area contributed by atoms with Gasteiger partial charge < -0.3 is 20.5 Å². The van der Waals surface area contributed by atoms with E-state index in [-0.39, 0.29) is 11.7 Å². The van der Waals surface area contributed by atoms with Crippen molar-refractivity contribution in [2.45, 2.75) is 38.5 Å². The van der Waals surface area contributed by atoms with Gasteiger partial charge in [-0.05, 0) is 80.9 Å². The smallest absolute Gasteiger partial charge is 0.224 e. The van der Waals surface area contributed by atoms with Gasteiger partial charge >= 0.3 is 0 Å². The van der Waals surface area contributed by atoms with Gasteiger partial charge in [0, 0.05) is 54.1 Å². The van der Waals surface area contributed by atoms with Gasteiger partial charge in [0.25, 0.3) is 0 Å². The molecule has 4 N–H and O–H groups in total. The minimum Gasteiger partial charge on any atom is -0.384 e. The number of pyridine rings is 2. The molecule has 1 saturated carbocycles. The summed E-state index contributed by atoms with van der Waals surface area (Å²) in [5, 5.41) is 14.9. The Bertz CT molecular complexity index is 2040. The van der Waals surface area contributed by atoms with Crippen molar-refractivity contribution in [2.75, 3.05) is 37.8 Å². The van der Waals surface area contributed by atoms with Gasteiger partial charge in [0.15, 0.2) is 5.82 Å². The average Bonchev–Trinajstić information content (AvgIpc) is 3.69. The number of H-pyrrole nitrogens is 2. The normalized spacial score (nSPS) is 13.9. The maximum Gasteiger partial charge on any atom is 0.224 e. The van der Waals surface area contributed by atoms with E-state index in [0.29, 0.717) is 58.6 Å². The molecule has 4 heterocycles. The molecule has 0 atom stereocenters. The SMILES string of the molecule is CN(C)CCNc1cc(F)cc(-c2nccc3[nH]c(-c4n[nH]c5ccc(-c6cncc(NC(=O)CC7CCCCC7)c6)cc45)nc23)c1. The lowest BCUT2D eigenvalue weighted by atomic mass is 9.87. The van der Waals surface area contributed by atoms with Crippen LogP contribution in [0, 0.1) is 11.7 Å². The summed E-state index contributed by atoms with van der Waals surface area (Å²) in [6.07, 6.45) is 11.7. The number of aromatic nitrogens is 6. The van der Waals surface area contributed by atoms with E-state index < -0.39 is 0 Å². The molecule has 1 fully saturated rings. The topological polar surface area (TPSA) is 128 Å². The molecule has 0 radical (unpaired) electrons. The first-order valence-electron chi connectivity index (χ1n) is 16.2. The zero-order valence-corrected chi connectivity index (χ0v) is 26.6. The van der Waals surface area contributed by atoms with Crippen molar-refractivity contribution in [3.63, 3.8) is 0 Å². The van der Waals surface area contributed by atoms with Crippen LogP contribution in [0.15, 0.2) is 67.1 Å². The van der Waals surface area contributed by atoms with Crippen molar-refractivity contribution >= 4 is 39.2 Å². The lowest BCUT2D eigenvalue weighted by Gasteiger charge is -2.20. The molecule has 0 bridgehead atoms. The van der Waals surface area contributed by atoms with E-state index in [1.807, 2.05) is 50.5 Å². The second-order valence-electron chi connectivity index (χ2n) is 12.7. The molecule has 4 aromatic heterocycles. The first-order chi connectivity index (χ1) is 22.9. The van der Waals surface area contributed by atoms with E-state index in [2.05, 4.69) is 40.7 Å². The van der Waals surface area contributed by atoms with Crippen LogP contribution >= 0.6 is 0 Å². The van der Waals surface area contributed by atoms with Crippen molar-refractivity contribution in [2.24, 2.45) is 5.92 Å². The van der Waals surface area contributed by atoms with Crippen LogP contribution in [-0.4, -0.2) is 68.1 Å². The van der Waals surface area contributed by atoms with Gasteiger partial charge in [-0.25, -0.2) is 9.37 Å². The Morgan fingerprint density at radius 1 is 0.936 bits per heavy atom. The summed E-state index contributed by atoms with van der Waals surface area (Å²) < 4.78 is 14.7. The highest BCUT2D eigenvalue weighted by Gasteiger charge is 2.19. The van der Waals surface area contributed by atoms with Gasteiger partial charge in [0.05, 0.1) is 28.6 Å². The summed E-state index contributed by atoms with van der Waals surface area (Å²) in [4.78, 5) is 32.1. The fourth-order valence-corrected chi connectivity index (χ4v) is 6.42. The maximum atomic E-state index is 14.7. The number of fused-ring (bicyclic) bond motifs is 2. The van der Waals surface area contributed by atoms with Crippen LogP contribution in [-0.2, 0) is 4.79 Å². The van der Waals surface area contributed by atoms with Gasteiger partial charge in [-0.3, -0.25) is 19.9 Å². The van der Waals surface area contributed by atoms with Gasteiger partial charge in [0.2, 0.25) is 5.91 Å². The molecule has 0 saturated heterocycles. The second-order valence-corrected chi connectivity index (χ2v) is 12.7. The molecule has 11 heteroatoms. The van der Waals surface area contributed by atoms with Gasteiger partial charge in [-0.1, -0.05) is 25.3 Å². The number of anilines is 2. The maximum absolute atomic E-state index is 14.7. The number of imidazole rings is 1. The van der Waals surface area contributed by atoms with Crippen LogP contribution < -0.4 is 10.6 Å². The molecule has 2 aromatic carbocycles. The van der Waals surface area contributed by atoms with Crippen molar-refractivity contribution in [1.29, 1.82) is 0 Å². The van der Waals surface area contributed by atoms with E-state index in [1.54, 1.807) is 18.6 Å². The molecule has 6 aromatic rings. The number of nitrogens with zero attached hydrogens (tertiary/aromatic N) is 5. The molecule has 1 aliphatic carbocycles. The summed E-state index contributed by atoms with van der Waals surface area (Å²) in [5.41, 5.74) is 7.29. The fraction of sp³-hybridized carbons (Fsp3) is 0.306. The van der Waals surface area contributed by atoms with E-state index in [0.717, 1.165) is 46.9 Å². The number of amides is 1. The number of hydrogen-bond donors (Lipinski definition) is 4. The fourth-order valence-electron chi connectivity index (χ4n) is 6.42. The van der Waals surface area contributed by atoms with Crippen molar-refractivity contribution in [3.8, 4) is 33.9 Å². The van der Waals surface area contributed by atoms with Crippen LogP contribution in [0.2, 0.25) is 0 Å². The van der Waals surface area contributed by atoms with Gasteiger partial charge in [-0.15, -0.1) is 0 Å². The Morgan fingerprint density at radius 2 is 1.79 bits per heavy atom. The summed E-state index contributed by atoms with van der Waals surface area (Å²) in [7, 11) is 3.99. The minimum atomic E-state index is -0.349. The Labute approximate surface area is 272 Å². The summed E-state index contributed by atoms with van der Waals surface area (Å²) in [6, 6.07) is 14.7. The van der Waals surface area contributed by atoms with E-state index >= 15 is 0 Å². The lowest BCUT2D eigenvalue weighted by Crippen LogP contribution is -2.20. The first-order valence-corrected chi connectivity index (χ1v) is 16.2. The Balaban J connectivity index is 1.16. The molecular formula is C36H38FN9O. The molecule has 10 nitrogen and oxygen atoms in total. The first kappa shape index (κ1) is 30.5. The Kier molecular flexibility index (Phi) is 8.62. The zero-order chi connectivity index (χ0) is 32.3. The number of aromatic amines is 2. The average molecular weight is 632 g/mol. The number of benzene rings is 2. The molecular weight excluding hydrogens is 593 g/mol. The largest absolute Gasteiger partial charge is 0.384 e. The molecule has 0 spiro atoms. The van der Waals surface area contributed by atoms with Crippen LogP contribution in [0.5, 0.6) is 0 Å². The Hall–Kier alpha value is -5.16. The summed E-state index contributed by atoms with van der Waals surface area (Å²) >= 11 is 0. The van der Waals surface area contributed by atoms with Crippen LogP contribution in [0.4, 0.5) is 15.8 Å². The summed E-state index contributed by atoms with van der Waals surface area (Å²) in [6.45, 7) is 1.50. The van der Waals surface area contributed by atoms with Crippen LogP contribution in [0.1, 0.15) is 38.5 Å². The number of rotatable bonds is 10. The zero-order valence-electron chi connectivity index (χ0n) is 26.6. The molecule has 47 heavy (non-hydrogen) atoms. The van der Waals surface area contributed by atoms with Crippen LogP contribution in [0.25, 0.3) is 55.8 Å². The third-order valence-corrected chi connectivity index (χ3v) is 8.80. The van der Waals surface area contributed by atoms with Gasteiger partial charge in [0.1, 0.15) is 17.0 Å². The highest BCUT2D eigenvalue weighted by molar-refractivity contribution is 5.98. The number of likely N-dealkylation sites (N-methyl/N-ethyl adjacent to an activating group) is 1. The lowest BCUT2D eigenvalue weighted by molar-refractivity contribution is -0.117. The third-order valence-electron chi connectivity index (χ3n) is 8.80. The van der Waals surface area contributed by atoms with E-state index in [1.165, 1.54) is 31.4 Å². The quantitative estimate of drug-likeness (QED) is 0.125. The molecule has 1 aliphatic rings. The predicted molar refractivity (Wildman–Crippen MR) is 184 cm³/mol. The number of carbonyl (C=O) groups is 1. The number of nitrogens with one attached hydrogen (secondary N) is 4. The molecule has 240 valence electrons. The minimum absolute atomic E-state index is 0.0391. The monoisotopic (exact) mass is 631 g/mol. The number of carbonyl (C=O) groups excluding carboxylic acids is 1. The van der Waals surface area contributed by atoms with E-state index in [4.69, 9.17) is 4.98 Å². The van der Waals surface area contributed by atoms with Crippen LogP contribution in [0.3, 0.4) is 0 Å². The predicted octanol–water partition coefficient (Wildman–Crippen LogP) is 7.25. The Morgan fingerprint density at radius 3 is 2.64 bits per heavy atom.